The lowest BCUT2D eigenvalue weighted by Gasteiger charge is -2.23. The number of nitrogens with zero attached hydrogens (tertiary/aromatic N) is 2. The molecular formula is C13H22N4O. The minimum Gasteiger partial charge on any atom is -0.481 e. The van der Waals surface area contributed by atoms with Gasteiger partial charge >= 0.3 is 0 Å². The molecule has 0 bridgehead atoms. The first-order chi connectivity index (χ1) is 8.44. The minimum absolute atomic E-state index is 0.0242. The largest absolute Gasteiger partial charge is 0.481 e. The molecule has 2 N–H and O–H groups in total. The summed E-state index contributed by atoms with van der Waals surface area (Å²) in [5, 5.41) is 6.50. The van der Waals surface area contributed by atoms with E-state index in [0.29, 0.717) is 12.4 Å². The summed E-state index contributed by atoms with van der Waals surface area (Å²) in [7, 11) is 3.36. The molecule has 0 fully saturated rings. The van der Waals surface area contributed by atoms with Crippen molar-refractivity contribution in [1.29, 1.82) is 0 Å². The topological polar surface area (TPSA) is 58.5 Å². The van der Waals surface area contributed by atoms with E-state index in [9.17, 15) is 0 Å². The van der Waals surface area contributed by atoms with Gasteiger partial charge in [0.2, 0.25) is 5.88 Å². The van der Waals surface area contributed by atoms with Crippen LogP contribution in [0.1, 0.15) is 26.5 Å². The Balaban J connectivity index is 2.57. The maximum Gasteiger partial charge on any atom is 0.213 e. The van der Waals surface area contributed by atoms with Gasteiger partial charge in [-0.05, 0) is 26.8 Å². The van der Waals surface area contributed by atoms with Crippen LogP contribution in [0.3, 0.4) is 0 Å². The van der Waals surface area contributed by atoms with Crippen LogP contribution in [0.25, 0.3) is 0 Å². The molecule has 1 aromatic rings. The molecule has 0 atom stereocenters. The van der Waals surface area contributed by atoms with Gasteiger partial charge in [0.25, 0.3) is 0 Å². The summed E-state index contributed by atoms with van der Waals surface area (Å²) in [5.74, 6) is 1.38. The van der Waals surface area contributed by atoms with E-state index in [1.54, 1.807) is 14.2 Å². The highest BCUT2D eigenvalue weighted by atomic mass is 16.5. The third-order valence-electron chi connectivity index (χ3n) is 2.14. The normalized spacial score (nSPS) is 12.2. The van der Waals surface area contributed by atoms with Crippen molar-refractivity contribution in [2.45, 2.75) is 32.9 Å². The van der Waals surface area contributed by atoms with E-state index in [1.165, 1.54) is 0 Å². The van der Waals surface area contributed by atoms with Gasteiger partial charge in [-0.2, -0.15) is 0 Å². The number of rotatable bonds is 3. The fraction of sp³-hybridized carbons (Fsp3) is 0.538. The van der Waals surface area contributed by atoms with Gasteiger partial charge < -0.3 is 15.4 Å². The average molecular weight is 250 g/mol. The van der Waals surface area contributed by atoms with Gasteiger partial charge in [0.1, 0.15) is 0 Å². The highest BCUT2D eigenvalue weighted by Gasteiger charge is 2.11. The molecule has 0 radical (unpaired) electrons. The predicted octanol–water partition coefficient (Wildman–Crippen LogP) is 1.55. The summed E-state index contributed by atoms with van der Waals surface area (Å²) >= 11 is 0. The standard InChI is InChI=1S/C13H22N4O/c1-13(2,3)17-12(14-4)15-9-10-7-6-8-11(16-10)18-5/h6-8H,9H2,1-5H3,(H2,14,15,17). The number of nitrogens with one attached hydrogen (secondary N) is 2. The summed E-state index contributed by atoms with van der Waals surface area (Å²) < 4.78 is 5.08. The van der Waals surface area contributed by atoms with E-state index in [2.05, 4.69) is 41.4 Å². The first-order valence-corrected chi connectivity index (χ1v) is 5.93. The second-order valence-corrected chi connectivity index (χ2v) is 4.97. The number of guanidine groups is 1. The molecule has 0 amide bonds. The summed E-state index contributed by atoms with van der Waals surface area (Å²) in [6, 6.07) is 5.69. The quantitative estimate of drug-likeness (QED) is 0.631. The van der Waals surface area contributed by atoms with Gasteiger partial charge in [-0.3, -0.25) is 4.99 Å². The van der Waals surface area contributed by atoms with Gasteiger partial charge in [-0.15, -0.1) is 0 Å². The Kier molecular flexibility index (Phi) is 4.95. The van der Waals surface area contributed by atoms with Gasteiger partial charge in [-0.1, -0.05) is 6.07 Å². The smallest absolute Gasteiger partial charge is 0.213 e. The zero-order chi connectivity index (χ0) is 13.6. The van der Waals surface area contributed by atoms with Crippen molar-refractivity contribution in [1.82, 2.24) is 15.6 Å². The first kappa shape index (κ1) is 14.3. The van der Waals surface area contributed by atoms with Crippen LogP contribution in [0.5, 0.6) is 5.88 Å². The van der Waals surface area contributed by atoms with Crippen molar-refractivity contribution in [3.05, 3.63) is 23.9 Å². The van der Waals surface area contributed by atoms with Crippen LogP contribution in [-0.4, -0.2) is 30.6 Å². The Hall–Kier alpha value is -1.78. The Labute approximate surface area is 109 Å². The second kappa shape index (κ2) is 6.23. The van der Waals surface area contributed by atoms with E-state index in [0.717, 1.165) is 11.7 Å². The Morgan fingerprint density at radius 2 is 2.11 bits per heavy atom. The van der Waals surface area contributed by atoms with Crippen molar-refractivity contribution in [2.75, 3.05) is 14.2 Å². The van der Waals surface area contributed by atoms with Gasteiger partial charge in [0.05, 0.1) is 19.3 Å². The number of aliphatic imine (C=N–C) groups is 1. The van der Waals surface area contributed by atoms with Gasteiger partial charge in [-0.25, -0.2) is 4.98 Å². The van der Waals surface area contributed by atoms with Crippen LogP contribution in [0.4, 0.5) is 0 Å². The van der Waals surface area contributed by atoms with Crippen molar-refractivity contribution in [2.24, 2.45) is 4.99 Å². The van der Waals surface area contributed by atoms with Crippen LogP contribution in [0.2, 0.25) is 0 Å². The molecule has 1 heterocycles. The monoisotopic (exact) mass is 250 g/mol. The third-order valence-corrected chi connectivity index (χ3v) is 2.14. The van der Waals surface area contributed by atoms with E-state index < -0.39 is 0 Å². The molecule has 0 unspecified atom stereocenters. The second-order valence-electron chi connectivity index (χ2n) is 4.97. The molecule has 5 nitrogen and oxygen atoms in total. The fourth-order valence-corrected chi connectivity index (χ4v) is 1.38. The Bertz CT molecular complexity index is 410. The highest BCUT2D eigenvalue weighted by molar-refractivity contribution is 5.80. The molecule has 0 aliphatic heterocycles. The first-order valence-electron chi connectivity index (χ1n) is 5.93. The molecular weight excluding hydrogens is 228 g/mol. The number of ether oxygens (including phenoxy) is 1. The number of methoxy groups -OCH3 is 1. The Morgan fingerprint density at radius 1 is 1.39 bits per heavy atom. The van der Waals surface area contributed by atoms with Crippen molar-refractivity contribution in [3.8, 4) is 5.88 Å². The molecule has 1 aromatic heterocycles. The SMILES string of the molecule is CN=C(NCc1cccc(OC)n1)NC(C)(C)C. The number of pyridine rings is 1. The van der Waals surface area contributed by atoms with Crippen LogP contribution in [0, 0.1) is 0 Å². The summed E-state index contributed by atoms with van der Waals surface area (Å²) in [4.78, 5) is 8.49. The maximum absolute atomic E-state index is 5.08. The molecule has 0 spiro atoms. The molecule has 100 valence electrons. The van der Waals surface area contributed by atoms with E-state index >= 15 is 0 Å². The maximum atomic E-state index is 5.08. The third kappa shape index (κ3) is 5.03. The molecule has 0 aromatic carbocycles. The Morgan fingerprint density at radius 3 is 2.67 bits per heavy atom. The lowest BCUT2D eigenvalue weighted by Crippen LogP contribution is -2.47. The van der Waals surface area contributed by atoms with Crippen LogP contribution >= 0.6 is 0 Å². The summed E-state index contributed by atoms with van der Waals surface area (Å²) in [6.45, 7) is 6.86. The lowest BCUT2D eigenvalue weighted by molar-refractivity contribution is 0.396. The zero-order valence-corrected chi connectivity index (χ0v) is 11.7. The van der Waals surface area contributed by atoms with Gasteiger partial charge in [0, 0.05) is 18.7 Å². The fourth-order valence-electron chi connectivity index (χ4n) is 1.38. The molecule has 1 rings (SSSR count). The molecule has 0 aliphatic carbocycles. The molecule has 0 saturated carbocycles. The van der Waals surface area contributed by atoms with Crippen molar-refractivity contribution < 1.29 is 4.74 Å². The number of hydrogen-bond donors (Lipinski definition) is 2. The molecule has 0 aliphatic rings. The van der Waals surface area contributed by atoms with Crippen LogP contribution in [-0.2, 0) is 6.54 Å². The van der Waals surface area contributed by atoms with Crippen molar-refractivity contribution in [3.63, 3.8) is 0 Å². The zero-order valence-electron chi connectivity index (χ0n) is 11.7. The lowest BCUT2D eigenvalue weighted by atomic mass is 10.1. The predicted molar refractivity (Wildman–Crippen MR) is 73.9 cm³/mol. The van der Waals surface area contributed by atoms with E-state index in [4.69, 9.17) is 4.74 Å². The van der Waals surface area contributed by atoms with Crippen LogP contribution in [0.15, 0.2) is 23.2 Å². The van der Waals surface area contributed by atoms with Gasteiger partial charge in [0.15, 0.2) is 5.96 Å². The van der Waals surface area contributed by atoms with Crippen molar-refractivity contribution >= 4 is 5.96 Å². The van der Waals surface area contributed by atoms with E-state index in [1.807, 2.05) is 18.2 Å². The minimum atomic E-state index is -0.0242. The van der Waals surface area contributed by atoms with E-state index in [-0.39, 0.29) is 5.54 Å². The number of aromatic nitrogens is 1. The average Bonchev–Trinajstić information content (AvgIpc) is 2.33. The number of hydrogen-bond acceptors (Lipinski definition) is 3. The molecule has 0 saturated heterocycles. The highest BCUT2D eigenvalue weighted by Crippen LogP contribution is 2.06. The van der Waals surface area contributed by atoms with Crippen LogP contribution < -0.4 is 15.4 Å². The molecule has 5 heteroatoms. The summed E-state index contributed by atoms with van der Waals surface area (Å²) in [5.41, 5.74) is 0.884. The molecule has 18 heavy (non-hydrogen) atoms. The summed E-state index contributed by atoms with van der Waals surface area (Å²) in [6.07, 6.45) is 0.